The molecule has 6 nitrogen and oxygen atoms in total. The fourth-order valence-corrected chi connectivity index (χ4v) is 3.11. The fourth-order valence-electron chi connectivity index (χ4n) is 2.63. The molecular formula is C19H19ClN4O2S. The first kappa shape index (κ1) is 19.1. The van der Waals surface area contributed by atoms with E-state index in [-0.39, 0.29) is 12.3 Å². The number of aromatic nitrogens is 3. The van der Waals surface area contributed by atoms with Crippen molar-refractivity contribution in [3.8, 4) is 17.1 Å². The minimum absolute atomic E-state index is 0.144. The SMILES string of the molecule is COc1ccc(NC(=O)CCn2c(-c3ccc(C)cc3)n[nH]c2=S)cc1Cl. The van der Waals surface area contributed by atoms with Crippen molar-refractivity contribution in [2.45, 2.75) is 19.9 Å². The number of hydrogen-bond donors (Lipinski definition) is 2. The molecule has 0 aliphatic heterocycles. The Kier molecular flexibility index (Phi) is 5.93. The Bertz CT molecular complexity index is 1010. The van der Waals surface area contributed by atoms with Crippen molar-refractivity contribution in [3.05, 3.63) is 57.8 Å². The molecule has 1 heterocycles. The van der Waals surface area contributed by atoms with Crippen LogP contribution in [0.4, 0.5) is 5.69 Å². The van der Waals surface area contributed by atoms with Crippen LogP contribution in [0.5, 0.6) is 5.75 Å². The molecule has 3 rings (SSSR count). The Balaban J connectivity index is 1.69. The third kappa shape index (κ3) is 4.56. The van der Waals surface area contributed by atoms with E-state index >= 15 is 0 Å². The van der Waals surface area contributed by atoms with Crippen LogP contribution in [-0.2, 0) is 11.3 Å². The topological polar surface area (TPSA) is 71.9 Å². The summed E-state index contributed by atoms with van der Waals surface area (Å²) in [4.78, 5) is 12.3. The molecule has 8 heteroatoms. The van der Waals surface area contributed by atoms with E-state index in [1.807, 2.05) is 35.8 Å². The second-order valence-corrected chi connectivity index (χ2v) is 6.81. The summed E-state index contributed by atoms with van der Waals surface area (Å²) < 4.78 is 7.40. The molecule has 140 valence electrons. The molecule has 0 bridgehead atoms. The zero-order valence-electron chi connectivity index (χ0n) is 15.0. The number of rotatable bonds is 6. The maximum Gasteiger partial charge on any atom is 0.226 e. The number of carbonyl (C=O) groups excluding carboxylic acids is 1. The number of aryl methyl sites for hydroxylation is 1. The number of H-pyrrole nitrogens is 1. The number of benzene rings is 2. The van der Waals surface area contributed by atoms with Crippen LogP contribution in [0.25, 0.3) is 11.4 Å². The van der Waals surface area contributed by atoms with Crippen molar-refractivity contribution < 1.29 is 9.53 Å². The lowest BCUT2D eigenvalue weighted by Gasteiger charge is -2.09. The number of anilines is 1. The first-order valence-corrected chi connectivity index (χ1v) is 9.12. The van der Waals surface area contributed by atoms with Gasteiger partial charge in [-0.25, -0.2) is 0 Å². The highest BCUT2D eigenvalue weighted by molar-refractivity contribution is 7.71. The molecule has 0 spiro atoms. The molecule has 0 atom stereocenters. The van der Waals surface area contributed by atoms with Gasteiger partial charge in [-0.15, -0.1) is 0 Å². The van der Waals surface area contributed by atoms with Crippen LogP contribution in [0.3, 0.4) is 0 Å². The Morgan fingerprint density at radius 2 is 2.04 bits per heavy atom. The van der Waals surface area contributed by atoms with E-state index in [0.717, 1.165) is 11.1 Å². The summed E-state index contributed by atoms with van der Waals surface area (Å²) in [6.07, 6.45) is 0.246. The average Bonchev–Trinajstić information content (AvgIpc) is 3.01. The van der Waals surface area contributed by atoms with Crippen molar-refractivity contribution >= 4 is 35.4 Å². The van der Waals surface area contributed by atoms with Gasteiger partial charge in [0.05, 0.1) is 12.1 Å². The molecule has 0 aliphatic rings. The number of amides is 1. The number of nitrogens with zero attached hydrogens (tertiary/aromatic N) is 2. The van der Waals surface area contributed by atoms with Crippen LogP contribution in [0, 0.1) is 11.7 Å². The minimum Gasteiger partial charge on any atom is -0.495 e. The van der Waals surface area contributed by atoms with Gasteiger partial charge in [0.2, 0.25) is 5.91 Å². The van der Waals surface area contributed by atoms with E-state index < -0.39 is 0 Å². The first-order chi connectivity index (χ1) is 13.0. The van der Waals surface area contributed by atoms with Gasteiger partial charge in [0.25, 0.3) is 0 Å². The standard InChI is InChI=1S/C19H19ClN4O2S/c1-12-3-5-13(6-4-12)18-22-23-19(27)24(18)10-9-17(25)21-14-7-8-16(26-2)15(20)11-14/h3-8,11H,9-10H2,1-2H3,(H,21,25)(H,23,27). The Labute approximate surface area is 167 Å². The smallest absolute Gasteiger partial charge is 0.226 e. The number of aromatic amines is 1. The van der Waals surface area contributed by atoms with Crippen LogP contribution in [-0.4, -0.2) is 27.8 Å². The second kappa shape index (κ2) is 8.37. The summed E-state index contributed by atoms with van der Waals surface area (Å²) in [5.41, 5.74) is 2.72. The predicted octanol–water partition coefficient (Wildman–Crippen LogP) is 4.61. The number of ether oxygens (including phenoxy) is 1. The second-order valence-electron chi connectivity index (χ2n) is 6.02. The first-order valence-electron chi connectivity index (χ1n) is 8.33. The molecule has 0 saturated carbocycles. The number of hydrogen-bond acceptors (Lipinski definition) is 4. The summed E-state index contributed by atoms with van der Waals surface area (Å²) in [6, 6.07) is 13.1. The van der Waals surface area contributed by atoms with Crippen molar-refractivity contribution in [3.63, 3.8) is 0 Å². The zero-order valence-corrected chi connectivity index (χ0v) is 16.5. The Hall–Kier alpha value is -2.64. The highest BCUT2D eigenvalue weighted by Gasteiger charge is 2.11. The molecular weight excluding hydrogens is 384 g/mol. The molecule has 1 amide bonds. The molecule has 2 N–H and O–H groups in total. The highest BCUT2D eigenvalue weighted by Crippen LogP contribution is 2.27. The van der Waals surface area contributed by atoms with Crippen molar-refractivity contribution in [1.82, 2.24) is 14.8 Å². The van der Waals surface area contributed by atoms with Crippen molar-refractivity contribution in [1.29, 1.82) is 0 Å². The van der Waals surface area contributed by atoms with Crippen LogP contribution in [0.15, 0.2) is 42.5 Å². The summed E-state index contributed by atoms with van der Waals surface area (Å²) >= 11 is 11.4. The molecule has 2 aromatic carbocycles. The highest BCUT2D eigenvalue weighted by atomic mass is 35.5. The third-order valence-corrected chi connectivity index (χ3v) is 4.67. The van der Waals surface area contributed by atoms with Crippen LogP contribution >= 0.6 is 23.8 Å². The van der Waals surface area contributed by atoms with Gasteiger partial charge in [-0.2, -0.15) is 5.10 Å². The summed E-state index contributed by atoms with van der Waals surface area (Å²) in [6.45, 7) is 2.44. The monoisotopic (exact) mass is 402 g/mol. The van der Waals surface area contributed by atoms with Crippen LogP contribution in [0.2, 0.25) is 5.02 Å². The van der Waals surface area contributed by atoms with Gasteiger partial charge in [-0.1, -0.05) is 41.4 Å². The van der Waals surface area contributed by atoms with E-state index in [2.05, 4.69) is 15.5 Å². The van der Waals surface area contributed by atoms with Gasteiger partial charge in [-0.3, -0.25) is 14.5 Å². The molecule has 0 aliphatic carbocycles. The van der Waals surface area contributed by atoms with E-state index in [0.29, 0.717) is 33.6 Å². The minimum atomic E-state index is -0.144. The fraction of sp³-hybridized carbons (Fsp3) is 0.211. The normalized spacial score (nSPS) is 10.6. The number of carbonyl (C=O) groups is 1. The largest absolute Gasteiger partial charge is 0.495 e. The van der Waals surface area contributed by atoms with Gasteiger partial charge < -0.3 is 10.1 Å². The van der Waals surface area contributed by atoms with E-state index in [1.165, 1.54) is 0 Å². The lowest BCUT2D eigenvalue weighted by Crippen LogP contribution is -2.15. The predicted molar refractivity (Wildman–Crippen MR) is 109 cm³/mol. The third-order valence-electron chi connectivity index (χ3n) is 4.07. The zero-order chi connectivity index (χ0) is 19.4. The lowest BCUT2D eigenvalue weighted by atomic mass is 10.1. The Morgan fingerprint density at radius 1 is 1.30 bits per heavy atom. The van der Waals surface area contributed by atoms with Crippen LogP contribution < -0.4 is 10.1 Å². The molecule has 0 saturated heterocycles. The van der Waals surface area contributed by atoms with E-state index in [1.54, 1.807) is 25.3 Å². The molecule has 0 radical (unpaired) electrons. The van der Waals surface area contributed by atoms with Gasteiger partial charge >= 0.3 is 0 Å². The molecule has 1 aromatic heterocycles. The number of halogens is 1. The van der Waals surface area contributed by atoms with Gasteiger partial charge in [-0.05, 0) is 37.3 Å². The van der Waals surface area contributed by atoms with Gasteiger partial charge in [0.15, 0.2) is 10.6 Å². The average molecular weight is 403 g/mol. The Morgan fingerprint density at radius 3 is 2.70 bits per heavy atom. The maximum absolute atomic E-state index is 12.3. The lowest BCUT2D eigenvalue weighted by molar-refractivity contribution is -0.116. The number of nitrogens with one attached hydrogen (secondary N) is 2. The van der Waals surface area contributed by atoms with Crippen LogP contribution in [0.1, 0.15) is 12.0 Å². The van der Waals surface area contributed by atoms with Crippen molar-refractivity contribution in [2.24, 2.45) is 0 Å². The number of methoxy groups -OCH3 is 1. The van der Waals surface area contributed by atoms with E-state index in [9.17, 15) is 4.79 Å². The summed E-state index contributed by atoms with van der Waals surface area (Å²) in [5.74, 6) is 1.12. The molecule has 27 heavy (non-hydrogen) atoms. The summed E-state index contributed by atoms with van der Waals surface area (Å²) in [5, 5.41) is 10.4. The van der Waals surface area contributed by atoms with E-state index in [4.69, 9.17) is 28.6 Å². The molecule has 0 fully saturated rings. The quantitative estimate of drug-likeness (QED) is 0.591. The van der Waals surface area contributed by atoms with Gasteiger partial charge in [0.1, 0.15) is 5.75 Å². The van der Waals surface area contributed by atoms with Crippen molar-refractivity contribution in [2.75, 3.05) is 12.4 Å². The summed E-state index contributed by atoms with van der Waals surface area (Å²) in [7, 11) is 1.54. The maximum atomic E-state index is 12.3. The molecule has 3 aromatic rings. The molecule has 0 unspecified atom stereocenters. The van der Waals surface area contributed by atoms with Gasteiger partial charge in [0, 0.05) is 24.2 Å².